The van der Waals surface area contributed by atoms with Crippen LogP contribution >= 0.6 is 15.8 Å². The van der Waals surface area contributed by atoms with Gasteiger partial charge in [-0.3, -0.25) is 0 Å². The van der Waals surface area contributed by atoms with Gasteiger partial charge in [-0.1, -0.05) is 105 Å². The lowest BCUT2D eigenvalue weighted by atomic mass is 10.1. The van der Waals surface area contributed by atoms with Gasteiger partial charge in [0.15, 0.2) is 0 Å². The molecule has 0 heterocycles. The molecule has 27 heavy (non-hydrogen) atoms. The molecule has 0 bridgehead atoms. The van der Waals surface area contributed by atoms with Gasteiger partial charge in [-0.15, -0.1) is 0 Å². The van der Waals surface area contributed by atoms with Gasteiger partial charge in [-0.2, -0.15) is 0 Å². The summed E-state index contributed by atoms with van der Waals surface area (Å²) < 4.78 is 0. The van der Waals surface area contributed by atoms with Gasteiger partial charge >= 0.3 is 0 Å². The normalized spacial score (nSPS) is 14.3. The van der Waals surface area contributed by atoms with E-state index in [4.69, 9.17) is 5.73 Å². The number of rotatable bonds is 4. The van der Waals surface area contributed by atoms with E-state index in [0.29, 0.717) is 20.6 Å². The molecule has 0 radical (unpaired) electrons. The van der Waals surface area contributed by atoms with Gasteiger partial charge in [-0.25, -0.2) is 0 Å². The number of hydrogen-bond donors (Lipinski definition) is 1. The number of hydrogen-bond acceptors (Lipinski definition) is 1. The summed E-state index contributed by atoms with van der Waals surface area (Å²) in [6.07, 6.45) is 2.31. The van der Waals surface area contributed by atoms with Gasteiger partial charge in [-0.05, 0) is 56.2 Å². The molecule has 1 nitrogen and oxygen atoms in total. The molecule has 0 aromatic heterocycles. The lowest BCUT2D eigenvalue weighted by Crippen LogP contribution is -2.26. The van der Waals surface area contributed by atoms with Crippen LogP contribution < -0.4 is 5.73 Å². The minimum absolute atomic E-state index is 0.160. The van der Waals surface area contributed by atoms with E-state index in [1.165, 1.54) is 11.1 Å². The van der Waals surface area contributed by atoms with Crippen molar-refractivity contribution in [2.24, 2.45) is 0 Å². The maximum atomic E-state index is 6.36. The molecular formula is C24H45NP2. The first kappa shape index (κ1) is 24.9. The quantitative estimate of drug-likeness (QED) is 0.392. The molecule has 0 aliphatic heterocycles. The highest BCUT2D eigenvalue weighted by Gasteiger charge is 2.35. The molecule has 3 heteroatoms. The van der Waals surface area contributed by atoms with Crippen LogP contribution in [0.3, 0.4) is 0 Å². The minimum Gasteiger partial charge on any atom is -0.399 e. The van der Waals surface area contributed by atoms with Crippen LogP contribution in [0.15, 0.2) is 18.2 Å². The van der Waals surface area contributed by atoms with Crippen molar-refractivity contribution in [3.8, 4) is 0 Å². The van der Waals surface area contributed by atoms with Crippen molar-refractivity contribution in [2.45, 2.75) is 116 Å². The zero-order chi connectivity index (χ0) is 21.4. The fourth-order valence-electron chi connectivity index (χ4n) is 4.30. The summed E-state index contributed by atoms with van der Waals surface area (Å²) in [4.78, 5) is 0. The van der Waals surface area contributed by atoms with E-state index >= 15 is 0 Å². The van der Waals surface area contributed by atoms with Crippen molar-refractivity contribution in [3.05, 3.63) is 29.3 Å². The Balaban J connectivity index is 3.24. The standard InChI is InChI=1S/C24H45NP2/c1-21(2,3)26(22(4,5)6)16-18-13-19(15-20(25)14-18)17-27(23(7,8)9)24(10,11)12/h13-15H,16-17,25H2,1-12H3. The Kier molecular flexibility index (Phi) is 7.68. The van der Waals surface area contributed by atoms with Crippen LogP contribution in [0.5, 0.6) is 0 Å². The predicted molar refractivity (Wildman–Crippen MR) is 131 cm³/mol. The van der Waals surface area contributed by atoms with Crippen LogP contribution in [0.4, 0.5) is 5.69 Å². The van der Waals surface area contributed by atoms with E-state index in [-0.39, 0.29) is 15.8 Å². The van der Waals surface area contributed by atoms with Crippen LogP contribution in [0.2, 0.25) is 0 Å². The van der Waals surface area contributed by atoms with Crippen LogP contribution in [0, 0.1) is 0 Å². The van der Waals surface area contributed by atoms with Crippen molar-refractivity contribution < 1.29 is 0 Å². The van der Waals surface area contributed by atoms with Gasteiger partial charge in [0.25, 0.3) is 0 Å². The highest BCUT2D eigenvalue weighted by Crippen LogP contribution is 2.63. The third kappa shape index (κ3) is 7.66. The van der Waals surface area contributed by atoms with E-state index in [9.17, 15) is 0 Å². The van der Waals surface area contributed by atoms with E-state index in [0.717, 1.165) is 18.0 Å². The van der Waals surface area contributed by atoms with Gasteiger partial charge in [0.1, 0.15) is 0 Å². The molecule has 0 saturated carbocycles. The Bertz CT molecular complexity index is 541. The lowest BCUT2D eigenvalue weighted by molar-refractivity contribution is 0.702. The van der Waals surface area contributed by atoms with E-state index in [1.54, 1.807) is 0 Å². The molecule has 0 atom stereocenters. The molecule has 1 rings (SSSR count). The molecule has 0 saturated heterocycles. The minimum atomic E-state index is -0.160. The first-order valence-electron chi connectivity index (χ1n) is 10.3. The highest BCUT2D eigenvalue weighted by atomic mass is 31.1. The Hall–Kier alpha value is -0.120. The van der Waals surface area contributed by atoms with Crippen LogP contribution in [-0.2, 0) is 12.3 Å². The van der Waals surface area contributed by atoms with E-state index in [1.807, 2.05) is 0 Å². The Morgan fingerprint density at radius 3 is 1.04 bits per heavy atom. The Labute approximate surface area is 172 Å². The molecule has 0 unspecified atom stereocenters. The monoisotopic (exact) mass is 409 g/mol. The molecule has 0 spiro atoms. The molecule has 156 valence electrons. The van der Waals surface area contributed by atoms with Crippen molar-refractivity contribution >= 4 is 21.5 Å². The van der Waals surface area contributed by atoms with Crippen LogP contribution in [-0.4, -0.2) is 20.6 Å². The number of nitrogens with two attached hydrogens (primary N) is 1. The third-order valence-electron chi connectivity index (χ3n) is 5.00. The van der Waals surface area contributed by atoms with Gasteiger partial charge in [0, 0.05) is 5.69 Å². The molecule has 0 aliphatic rings. The summed E-state index contributed by atoms with van der Waals surface area (Å²) in [5.74, 6) is 0. The van der Waals surface area contributed by atoms with Crippen LogP contribution in [0.1, 0.15) is 94.2 Å². The summed E-state index contributed by atoms with van der Waals surface area (Å²) in [7, 11) is -0.319. The molecule has 2 N–H and O–H groups in total. The average Bonchev–Trinajstić information content (AvgIpc) is 2.36. The Morgan fingerprint density at radius 2 is 0.815 bits per heavy atom. The maximum absolute atomic E-state index is 6.36. The van der Waals surface area contributed by atoms with Crippen molar-refractivity contribution in [3.63, 3.8) is 0 Å². The summed E-state index contributed by atoms with van der Waals surface area (Å²) in [5, 5.41) is 1.34. The Morgan fingerprint density at radius 1 is 0.556 bits per heavy atom. The first-order chi connectivity index (χ1) is 11.8. The third-order valence-corrected chi connectivity index (χ3v) is 12.8. The maximum Gasteiger partial charge on any atom is 0.0319 e. The van der Waals surface area contributed by atoms with Crippen LogP contribution in [0.25, 0.3) is 0 Å². The smallest absolute Gasteiger partial charge is 0.0319 e. The molecule has 0 fully saturated rings. The molecule has 0 amide bonds. The summed E-state index contributed by atoms with van der Waals surface area (Å²) in [6.45, 7) is 28.8. The molecule has 1 aromatic carbocycles. The second-order valence-electron chi connectivity index (χ2n) is 11.9. The summed E-state index contributed by atoms with van der Waals surface area (Å²) in [6, 6.07) is 6.88. The average molecular weight is 410 g/mol. The summed E-state index contributed by atoms with van der Waals surface area (Å²) in [5.41, 5.74) is 10.1. The first-order valence-corrected chi connectivity index (χ1v) is 13.3. The highest BCUT2D eigenvalue weighted by molar-refractivity contribution is 7.60. The molecular weight excluding hydrogens is 364 g/mol. The zero-order valence-electron chi connectivity index (χ0n) is 20.1. The zero-order valence-corrected chi connectivity index (χ0v) is 21.9. The topological polar surface area (TPSA) is 26.0 Å². The van der Waals surface area contributed by atoms with Gasteiger partial charge in [0.05, 0.1) is 0 Å². The van der Waals surface area contributed by atoms with Crippen molar-refractivity contribution in [1.82, 2.24) is 0 Å². The lowest BCUT2D eigenvalue weighted by Gasteiger charge is -2.42. The SMILES string of the molecule is CC(C)(C)P(Cc1cc(N)cc(CP(C(C)(C)C)C(C)(C)C)c1)C(C)(C)C. The van der Waals surface area contributed by atoms with Gasteiger partial charge in [0.2, 0.25) is 0 Å². The second-order valence-corrected chi connectivity index (χ2v) is 19.6. The van der Waals surface area contributed by atoms with E-state index in [2.05, 4.69) is 101 Å². The second kappa shape index (κ2) is 8.32. The fraction of sp³-hybridized carbons (Fsp3) is 0.750. The number of nitrogen functional groups attached to an aromatic ring is 1. The van der Waals surface area contributed by atoms with Crippen molar-refractivity contribution in [1.29, 1.82) is 0 Å². The predicted octanol–water partition coefficient (Wildman–Crippen LogP) is 8.43. The van der Waals surface area contributed by atoms with Gasteiger partial charge < -0.3 is 5.73 Å². The molecule has 1 aromatic rings. The number of benzene rings is 1. The molecule has 0 aliphatic carbocycles. The fourth-order valence-corrected chi connectivity index (χ4v) is 11.3. The largest absolute Gasteiger partial charge is 0.399 e. The van der Waals surface area contributed by atoms with Crippen molar-refractivity contribution in [2.75, 3.05) is 5.73 Å². The number of anilines is 1. The summed E-state index contributed by atoms with van der Waals surface area (Å²) >= 11 is 0. The van der Waals surface area contributed by atoms with E-state index < -0.39 is 0 Å².